The molecule has 3 heterocycles. The molecule has 2 aromatic heterocycles. The van der Waals surface area contributed by atoms with E-state index < -0.39 is 0 Å². The Morgan fingerprint density at radius 3 is 3.05 bits per heavy atom. The summed E-state index contributed by atoms with van der Waals surface area (Å²) >= 11 is 1.68. The van der Waals surface area contributed by atoms with Gasteiger partial charge in [0.25, 0.3) is 5.91 Å². The third kappa shape index (κ3) is 2.33. The second-order valence-corrected chi connectivity index (χ2v) is 5.60. The van der Waals surface area contributed by atoms with E-state index >= 15 is 0 Å². The van der Waals surface area contributed by atoms with Crippen LogP contribution in [-0.2, 0) is 0 Å². The fourth-order valence-corrected chi connectivity index (χ4v) is 3.41. The van der Waals surface area contributed by atoms with Gasteiger partial charge in [0.1, 0.15) is 5.56 Å². The molecule has 5 heteroatoms. The molecule has 1 aliphatic rings. The van der Waals surface area contributed by atoms with Crippen LogP contribution in [0, 0.1) is 5.21 Å². The molecule has 4 nitrogen and oxygen atoms in total. The Morgan fingerprint density at radius 1 is 1.42 bits per heavy atom. The molecule has 0 aliphatic carbocycles. The van der Waals surface area contributed by atoms with Crippen molar-refractivity contribution in [3.8, 4) is 0 Å². The molecule has 1 saturated heterocycles. The van der Waals surface area contributed by atoms with E-state index in [2.05, 4.69) is 6.07 Å². The van der Waals surface area contributed by atoms with Crippen molar-refractivity contribution < 1.29 is 9.52 Å². The second-order valence-electron chi connectivity index (χ2n) is 4.62. The van der Waals surface area contributed by atoms with Gasteiger partial charge in [-0.25, -0.2) is 0 Å². The monoisotopic (exact) mass is 274 g/mol. The van der Waals surface area contributed by atoms with E-state index in [1.54, 1.807) is 23.5 Å². The second kappa shape index (κ2) is 5.01. The van der Waals surface area contributed by atoms with Crippen LogP contribution in [0.25, 0.3) is 0 Å². The quantitative estimate of drug-likeness (QED) is 0.623. The average molecular weight is 274 g/mol. The SMILES string of the molecule is O=C(c1ccc[n+]([O-])c1)N1CCCC1c1cccs1. The minimum Gasteiger partial charge on any atom is -0.619 e. The van der Waals surface area contributed by atoms with Crippen molar-refractivity contribution in [2.45, 2.75) is 18.9 Å². The molecule has 19 heavy (non-hydrogen) atoms. The molecule has 0 bridgehead atoms. The summed E-state index contributed by atoms with van der Waals surface area (Å²) < 4.78 is 0.670. The smallest absolute Gasteiger partial charge is 0.260 e. The predicted molar refractivity (Wildman–Crippen MR) is 72.7 cm³/mol. The summed E-state index contributed by atoms with van der Waals surface area (Å²) in [6.45, 7) is 0.759. The van der Waals surface area contributed by atoms with Crippen molar-refractivity contribution in [2.24, 2.45) is 0 Å². The fourth-order valence-electron chi connectivity index (χ4n) is 2.53. The molecule has 98 valence electrons. The Kier molecular flexibility index (Phi) is 3.21. The van der Waals surface area contributed by atoms with E-state index in [-0.39, 0.29) is 11.9 Å². The van der Waals surface area contributed by atoms with Gasteiger partial charge in [0.15, 0.2) is 12.4 Å². The molecule has 1 aliphatic heterocycles. The molecule has 1 unspecified atom stereocenters. The molecule has 1 atom stereocenters. The Labute approximate surface area is 115 Å². The van der Waals surface area contributed by atoms with Crippen molar-refractivity contribution in [3.63, 3.8) is 0 Å². The summed E-state index contributed by atoms with van der Waals surface area (Å²) in [6, 6.07) is 7.54. The van der Waals surface area contributed by atoms with Gasteiger partial charge in [-0.15, -0.1) is 11.3 Å². The summed E-state index contributed by atoms with van der Waals surface area (Å²) in [5.41, 5.74) is 0.459. The highest BCUT2D eigenvalue weighted by molar-refractivity contribution is 7.10. The van der Waals surface area contributed by atoms with Crippen molar-refractivity contribution in [1.29, 1.82) is 0 Å². The number of hydrogen-bond donors (Lipinski definition) is 0. The number of pyridine rings is 1. The van der Waals surface area contributed by atoms with Gasteiger partial charge in [-0.1, -0.05) is 6.07 Å². The van der Waals surface area contributed by atoms with Crippen molar-refractivity contribution >= 4 is 17.2 Å². The molecule has 2 aromatic rings. The third-order valence-electron chi connectivity index (χ3n) is 3.41. The lowest BCUT2D eigenvalue weighted by molar-refractivity contribution is -0.605. The summed E-state index contributed by atoms with van der Waals surface area (Å²) in [7, 11) is 0. The Hall–Kier alpha value is -1.88. The Bertz CT molecular complexity index is 583. The van der Waals surface area contributed by atoms with E-state index in [0.717, 1.165) is 19.4 Å². The van der Waals surface area contributed by atoms with Gasteiger partial charge >= 0.3 is 0 Å². The van der Waals surface area contributed by atoms with Gasteiger partial charge in [-0.3, -0.25) is 4.79 Å². The number of hydrogen-bond acceptors (Lipinski definition) is 3. The number of thiophene rings is 1. The van der Waals surface area contributed by atoms with Crippen molar-refractivity contribution in [2.75, 3.05) is 6.54 Å². The lowest BCUT2D eigenvalue weighted by Crippen LogP contribution is -2.33. The number of amides is 1. The van der Waals surface area contributed by atoms with Gasteiger partial charge in [-0.2, -0.15) is 4.73 Å². The first-order chi connectivity index (χ1) is 9.25. The Balaban J connectivity index is 1.87. The van der Waals surface area contributed by atoms with Crippen LogP contribution in [0.2, 0.25) is 0 Å². The summed E-state index contributed by atoms with van der Waals surface area (Å²) in [5.74, 6) is -0.0545. The van der Waals surface area contributed by atoms with Gasteiger partial charge in [0.2, 0.25) is 0 Å². The molecule has 0 radical (unpaired) electrons. The van der Waals surface area contributed by atoms with Crippen LogP contribution in [0.3, 0.4) is 0 Å². The van der Waals surface area contributed by atoms with E-state index in [4.69, 9.17) is 0 Å². The maximum absolute atomic E-state index is 12.5. The minimum atomic E-state index is -0.0545. The van der Waals surface area contributed by atoms with E-state index in [9.17, 15) is 10.0 Å². The highest BCUT2D eigenvalue weighted by atomic mass is 32.1. The number of carbonyl (C=O) groups is 1. The zero-order chi connectivity index (χ0) is 13.2. The molecule has 1 fully saturated rings. The average Bonchev–Trinajstić information content (AvgIpc) is 3.08. The van der Waals surface area contributed by atoms with E-state index in [0.29, 0.717) is 10.3 Å². The van der Waals surface area contributed by atoms with Crippen LogP contribution in [0.1, 0.15) is 34.1 Å². The first-order valence-corrected chi connectivity index (χ1v) is 7.17. The van der Waals surface area contributed by atoms with E-state index in [1.807, 2.05) is 16.3 Å². The summed E-state index contributed by atoms with van der Waals surface area (Å²) in [6.07, 6.45) is 4.73. The highest BCUT2D eigenvalue weighted by Gasteiger charge is 2.31. The number of nitrogens with zero attached hydrogens (tertiary/aromatic N) is 2. The van der Waals surface area contributed by atoms with Crippen LogP contribution in [0.5, 0.6) is 0 Å². The van der Waals surface area contributed by atoms with Crippen LogP contribution in [-0.4, -0.2) is 17.4 Å². The van der Waals surface area contributed by atoms with Crippen LogP contribution in [0.15, 0.2) is 42.0 Å². The third-order valence-corrected chi connectivity index (χ3v) is 4.38. The van der Waals surface area contributed by atoms with Gasteiger partial charge in [-0.05, 0) is 30.4 Å². The molecule has 0 N–H and O–H groups in total. The number of aromatic nitrogens is 1. The number of likely N-dealkylation sites (tertiary alicyclic amines) is 1. The fraction of sp³-hybridized carbons (Fsp3) is 0.286. The van der Waals surface area contributed by atoms with Crippen molar-refractivity contribution in [1.82, 2.24) is 4.90 Å². The van der Waals surface area contributed by atoms with Gasteiger partial charge < -0.3 is 10.1 Å². The molecular formula is C14H14N2O2S. The normalized spacial score (nSPS) is 18.7. The molecule has 0 aromatic carbocycles. The lowest BCUT2D eigenvalue weighted by atomic mass is 10.1. The summed E-state index contributed by atoms with van der Waals surface area (Å²) in [4.78, 5) is 15.6. The summed E-state index contributed by atoms with van der Waals surface area (Å²) in [5, 5.41) is 13.3. The van der Waals surface area contributed by atoms with Crippen LogP contribution < -0.4 is 4.73 Å². The van der Waals surface area contributed by atoms with Crippen molar-refractivity contribution in [3.05, 3.63) is 57.7 Å². The first-order valence-electron chi connectivity index (χ1n) is 6.29. The zero-order valence-electron chi connectivity index (χ0n) is 10.4. The molecule has 0 spiro atoms. The van der Waals surface area contributed by atoms with Crippen LogP contribution in [0.4, 0.5) is 0 Å². The maximum Gasteiger partial charge on any atom is 0.260 e. The highest BCUT2D eigenvalue weighted by Crippen LogP contribution is 2.35. The molecule has 0 saturated carbocycles. The number of rotatable bonds is 2. The molecule has 3 rings (SSSR count). The maximum atomic E-state index is 12.5. The standard InChI is InChI=1S/C14H14N2O2S/c17-14(11-4-1-7-15(18)10-11)16-8-2-5-12(16)13-6-3-9-19-13/h1,3-4,6-7,9-10,12H,2,5,8H2. The Morgan fingerprint density at radius 2 is 2.32 bits per heavy atom. The van der Waals surface area contributed by atoms with Gasteiger partial charge in [0, 0.05) is 17.5 Å². The zero-order valence-corrected chi connectivity index (χ0v) is 11.2. The predicted octanol–water partition coefficient (Wildman–Crippen LogP) is 2.36. The molecule has 1 amide bonds. The van der Waals surface area contributed by atoms with Gasteiger partial charge in [0.05, 0.1) is 6.04 Å². The minimum absolute atomic E-state index is 0.0545. The largest absolute Gasteiger partial charge is 0.619 e. The number of carbonyl (C=O) groups excluding carboxylic acids is 1. The van der Waals surface area contributed by atoms with E-state index in [1.165, 1.54) is 17.3 Å². The topological polar surface area (TPSA) is 47.2 Å². The van der Waals surface area contributed by atoms with Crippen LogP contribution >= 0.6 is 11.3 Å². The molecular weight excluding hydrogens is 260 g/mol. The first kappa shape index (κ1) is 12.2. The lowest BCUT2D eigenvalue weighted by Gasteiger charge is -2.23.